The molecule has 8 heteroatoms. The molecule has 0 bridgehead atoms. The van der Waals surface area contributed by atoms with E-state index in [4.69, 9.17) is 23.2 Å². The lowest BCUT2D eigenvalue weighted by Gasteiger charge is -2.31. The summed E-state index contributed by atoms with van der Waals surface area (Å²) in [5.41, 5.74) is 0.489. The number of nitrogens with zero attached hydrogens (tertiary/aromatic N) is 2. The van der Waals surface area contributed by atoms with E-state index >= 15 is 0 Å². The third kappa shape index (κ3) is 7.58. The average Bonchev–Trinajstić information content (AvgIpc) is 3.72. The van der Waals surface area contributed by atoms with Crippen molar-refractivity contribution in [3.63, 3.8) is 0 Å². The zero-order valence-electron chi connectivity index (χ0n) is 20.9. The van der Waals surface area contributed by atoms with Crippen molar-refractivity contribution in [2.75, 3.05) is 39.3 Å². The minimum absolute atomic E-state index is 0.0445. The largest absolute Gasteiger partial charge is 0.350 e. The van der Waals surface area contributed by atoms with Gasteiger partial charge in [0.2, 0.25) is 5.91 Å². The Morgan fingerprint density at radius 2 is 1.89 bits per heavy atom. The normalized spacial score (nSPS) is 24.8. The topological polar surface area (TPSA) is 64.7 Å². The van der Waals surface area contributed by atoms with E-state index in [2.05, 4.69) is 27.4 Å². The Morgan fingerprint density at radius 1 is 1.11 bits per heavy atom. The highest BCUT2D eigenvalue weighted by molar-refractivity contribution is 6.42. The molecule has 0 spiro atoms. The maximum absolute atomic E-state index is 13.6. The smallest absolute Gasteiger partial charge is 0.251 e. The van der Waals surface area contributed by atoms with E-state index in [1.54, 1.807) is 18.2 Å². The Morgan fingerprint density at radius 3 is 2.57 bits per heavy atom. The van der Waals surface area contributed by atoms with E-state index in [0.717, 1.165) is 57.9 Å². The molecule has 2 saturated heterocycles. The lowest BCUT2D eigenvalue weighted by atomic mass is 9.99. The van der Waals surface area contributed by atoms with Gasteiger partial charge in [-0.3, -0.25) is 9.59 Å². The number of piperidine rings is 1. The number of nitrogens with one attached hydrogen (secondary N) is 2. The summed E-state index contributed by atoms with van der Waals surface area (Å²) in [5.74, 6) is 1.45. The molecule has 1 unspecified atom stereocenters. The van der Waals surface area contributed by atoms with Crippen LogP contribution in [0.2, 0.25) is 10.0 Å². The minimum atomic E-state index is -0.206. The molecule has 1 aliphatic carbocycles. The summed E-state index contributed by atoms with van der Waals surface area (Å²) >= 11 is 12.1. The number of likely N-dealkylation sites (tertiary alicyclic amines) is 1. The second kappa shape index (κ2) is 12.8. The summed E-state index contributed by atoms with van der Waals surface area (Å²) < 4.78 is 0. The number of benzene rings is 1. The molecule has 35 heavy (non-hydrogen) atoms. The maximum Gasteiger partial charge on any atom is 0.251 e. The predicted molar refractivity (Wildman–Crippen MR) is 142 cm³/mol. The number of halogens is 2. The summed E-state index contributed by atoms with van der Waals surface area (Å²) in [4.78, 5) is 30.9. The highest BCUT2D eigenvalue weighted by Crippen LogP contribution is 2.39. The number of carbonyl (C=O) groups excluding carboxylic acids is 2. The number of rotatable bonds is 10. The molecular weight excluding hydrogens is 483 g/mol. The molecule has 2 aliphatic heterocycles. The van der Waals surface area contributed by atoms with E-state index in [-0.39, 0.29) is 23.9 Å². The van der Waals surface area contributed by atoms with Crippen molar-refractivity contribution >= 4 is 35.0 Å². The first-order valence-corrected chi connectivity index (χ1v) is 14.2. The first-order valence-electron chi connectivity index (χ1n) is 13.4. The molecule has 4 rings (SSSR count). The Balaban J connectivity index is 1.38. The fourth-order valence-corrected chi connectivity index (χ4v) is 5.84. The maximum atomic E-state index is 13.6. The summed E-state index contributed by atoms with van der Waals surface area (Å²) in [5, 5.41) is 7.45. The number of amides is 2. The molecule has 1 saturated carbocycles. The van der Waals surface area contributed by atoms with E-state index in [0.29, 0.717) is 28.1 Å². The van der Waals surface area contributed by atoms with Crippen LogP contribution >= 0.6 is 23.2 Å². The molecule has 0 aromatic heterocycles. The van der Waals surface area contributed by atoms with E-state index < -0.39 is 0 Å². The SMILES string of the molecule is CCC(CN1CC[C@@H](CNC(=O)c2ccc(Cl)c(Cl)c2)N[C@@H](CCN2CCCCC2)C1=O)C1CC1. The van der Waals surface area contributed by atoms with E-state index in [1.165, 1.54) is 32.1 Å². The molecule has 2 N–H and O–H groups in total. The summed E-state index contributed by atoms with van der Waals surface area (Å²) in [7, 11) is 0. The minimum Gasteiger partial charge on any atom is -0.350 e. The van der Waals surface area contributed by atoms with Crippen LogP contribution in [-0.2, 0) is 4.79 Å². The van der Waals surface area contributed by atoms with E-state index in [1.807, 2.05) is 0 Å². The van der Waals surface area contributed by atoms with E-state index in [9.17, 15) is 9.59 Å². The number of hydrogen-bond donors (Lipinski definition) is 2. The fourth-order valence-electron chi connectivity index (χ4n) is 5.54. The molecule has 0 radical (unpaired) electrons. The van der Waals surface area contributed by atoms with Gasteiger partial charge in [-0.15, -0.1) is 0 Å². The van der Waals surface area contributed by atoms with Gasteiger partial charge in [0.25, 0.3) is 5.91 Å². The zero-order valence-corrected chi connectivity index (χ0v) is 22.4. The van der Waals surface area contributed by atoms with Crippen molar-refractivity contribution in [2.24, 2.45) is 11.8 Å². The van der Waals surface area contributed by atoms with Gasteiger partial charge in [-0.05, 0) is 81.6 Å². The van der Waals surface area contributed by atoms with Crippen molar-refractivity contribution in [3.05, 3.63) is 33.8 Å². The quantitative estimate of drug-likeness (QED) is 0.471. The third-order valence-corrected chi connectivity index (χ3v) is 8.67. The van der Waals surface area contributed by atoms with Gasteiger partial charge in [0, 0.05) is 37.8 Å². The molecule has 1 aromatic carbocycles. The van der Waals surface area contributed by atoms with Crippen LogP contribution < -0.4 is 10.6 Å². The van der Waals surface area contributed by atoms with Crippen LogP contribution in [-0.4, -0.2) is 73.0 Å². The Labute approximate surface area is 220 Å². The van der Waals surface area contributed by atoms with Gasteiger partial charge in [-0.2, -0.15) is 0 Å². The van der Waals surface area contributed by atoms with Crippen molar-refractivity contribution in [1.29, 1.82) is 0 Å². The first kappa shape index (κ1) is 26.7. The average molecular weight is 524 g/mol. The standard InChI is InChI=1S/C27H40Cl2N4O2/c1-2-19(20-6-7-20)18-33-15-10-22(17-30-26(34)21-8-9-23(28)24(29)16-21)31-25(27(33)35)11-14-32-12-4-3-5-13-32/h8-9,16,19-20,22,25,31H,2-7,10-15,17-18H2,1H3,(H,30,34)/t19?,22-,25-/m0/s1. The van der Waals surface area contributed by atoms with Crippen LogP contribution in [0.15, 0.2) is 18.2 Å². The Kier molecular flexibility index (Phi) is 9.74. The molecule has 2 heterocycles. The molecule has 3 atom stereocenters. The molecule has 6 nitrogen and oxygen atoms in total. The van der Waals surface area contributed by atoms with Crippen molar-refractivity contribution in [3.8, 4) is 0 Å². The number of hydrogen-bond acceptors (Lipinski definition) is 4. The van der Waals surface area contributed by atoms with Gasteiger partial charge in [0.1, 0.15) is 0 Å². The van der Waals surface area contributed by atoms with Gasteiger partial charge < -0.3 is 20.4 Å². The van der Waals surface area contributed by atoms with Crippen LogP contribution in [0.5, 0.6) is 0 Å². The molecule has 2 amide bonds. The summed E-state index contributed by atoms with van der Waals surface area (Å²) in [6.45, 7) is 7.53. The second-order valence-electron chi connectivity index (χ2n) is 10.5. The fraction of sp³-hybridized carbons (Fsp3) is 0.704. The van der Waals surface area contributed by atoms with Gasteiger partial charge in [0.15, 0.2) is 0 Å². The third-order valence-electron chi connectivity index (χ3n) is 7.94. The molecule has 194 valence electrons. The van der Waals surface area contributed by atoms with Crippen molar-refractivity contribution < 1.29 is 9.59 Å². The highest BCUT2D eigenvalue weighted by atomic mass is 35.5. The molecule has 3 fully saturated rings. The molecule has 3 aliphatic rings. The lowest BCUT2D eigenvalue weighted by Crippen LogP contribution is -2.50. The Hall–Kier alpha value is -1.34. The predicted octanol–water partition coefficient (Wildman–Crippen LogP) is 4.59. The van der Waals surface area contributed by atoms with Crippen LogP contribution in [0.25, 0.3) is 0 Å². The van der Waals surface area contributed by atoms with Crippen LogP contribution in [0.4, 0.5) is 0 Å². The molecular formula is C27H40Cl2N4O2. The van der Waals surface area contributed by atoms with Crippen LogP contribution in [0.1, 0.15) is 68.6 Å². The van der Waals surface area contributed by atoms with Gasteiger partial charge in [-0.25, -0.2) is 0 Å². The molecule has 1 aromatic rings. The highest BCUT2D eigenvalue weighted by Gasteiger charge is 2.36. The van der Waals surface area contributed by atoms with Gasteiger partial charge in [0.05, 0.1) is 16.1 Å². The summed E-state index contributed by atoms with van der Waals surface area (Å²) in [6.07, 6.45) is 9.19. The second-order valence-corrected chi connectivity index (χ2v) is 11.3. The van der Waals surface area contributed by atoms with Gasteiger partial charge >= 0.3 is 0 Å². The number of carbonyl (C=O) groups is 2. The lowest BCUT2D eigenvalue weighted by molar-refractivity contribution is -0.133. The van der Waals surface area contributed by atoms with Crippen molar-refractivity contribution in [1.82, 2.24) is 20.4 Å². The summed E-state index contributed by atoms with van der Waals surface area (Å²) in [6, 6.07) is 4.75. The first-order chi connectivity index (χ1) is 16.9. The van der Waals surface area contributed by atoms with Crippen LogP contribution in [0.3, 0.4) is 0 Å². The Bertz CT molecular complexity index is 873. The zero-order chi connectivity index (χ0) is 24.8. The monoisotopic (exact) mass is 522 g/mol. The van der Waals surface area contributed by atoms with Crippen LogP contribution in [0, 0.1) is 11.8 Å². The van der Waals surface area contributed by atoms with Gasteiger partial charge in [-0.1, -0.05) is 43.0 Å². The van der Waals surface area contributed by atoms with Crippen molar-refractivity contribution in [2.45, 2.75) is 70.4 Å².